The van der Waals surface area contributed by atoms with Crippen LogP contribution in [-0.4, -0.2) is 10.8 Å². The van der Waals surface area contributed by atoms with Gasteiger partial charge in [0.25, 0.3) is 0 Å². The Kier molecular flexibility index (Phi) is 4.57. The predicted molar refractivity (Wildman–Crippen MR) is 77.1 cm³/mol. The van der Waals surface area contributed by atoms with Gasteiger partial charge in [0, 0.05) is 17.8 Å². The Labute approximate surface area is 124 Å². The maximum absolute atomic E-state index is 13.2. The number of nitro benzene ring substituents is 1. The number of carbonyl (C=O) groups excluding carboxylic acids is 1. The van der Waals surface area contributed by atoms with Crippen LogP contribution < -0.4 is 5.32 Å². The Balaban J connectivity index is 2.07. The number of nitrogens with zero attached hydrogens (tertiary/aromatic N) is 1. The summed E-state index contributed by atoms with van der Waals surface area (Å²) in [7, 11) is 0. The van der Waals surface area contributed by atoms with Gasteiger partial charge in [0.05, 0.1) is 4.92 Å². The van der Waals surface area contributed by atoms with Gasteiger partial charge < -0.3 is 5.32 Å². The molecule has 0 bridgehead atoms. The van der Waals surface area contributed by atoms with E-state index in [2.05, 4.69) is 5.32 Å². The Bertz CT molecular complexity index is 743. The molecule has 2 rings (SSSR count). The average molecular weight is 304 g/mol. The highest BCUT2D eigenvalue weighted by Crippen LogP contribution is 2.21. The van der Waals surface area contributed by atoms with Gasteiger partial charge in [0.1, 0.15) is 5.82 Å². The average Bonchev–Trinajstić information content (AvgIpc) is 2.48. The quantitative estimate of drug-likeness (QED) is 0.533. The van der Waals surface area contributed by atoms with Crippen molar-refractivity contribution in [2.75, 3.05) is 5.32 Å². The molecule has 1 amide bonds. The fourth-order valence-electron chi connectivity index (χ4n) is 1.66. The van der Waals surface area contributed by atoms with Gasteiger partial charge in [-0.1, -0.05) is 12.1 Å². The summed E-state index contributed by atoms with van der Waals surface area (Å²) in [5.74, 6) is -1.92. The highest BCUT2D eigenvalue weighted by atomic mass is 19.1. The normalized spacial score (nSPS) is 10.6. The Morgan fingerprint density at radius 1 is 1.14 bits per heavy atom. The van der Waals surface area contributed by atoms with Crippen LogP contribution in [0.1, 0.15) is 5.56 Å². The lowest BCUT2D eigenvalue weighted by molar-refractivity contribution is -0.387. The Morgan fingerprint density at radius 3 is 2.45 bits per heavy atom. The van der Waals surface area contributed by atoms with E-state index >= 15 is 0 Å². The van der Waals surface area contributed by atoms with Crippen LogP contribution in [0, 0.1) is 21.7 Å². The minimum absolute atomic E-state index is 0.0989. The Hall–Kier alpha value is -3.09. The van der Waals surface area contributed by atoms with E-state index in [0.29, 0.717) is 5.56 Å². The van der Waals surface area contributed by atoms with E-state index in [4.69, 9.17) is 0 Å². The molecule has 1 N–H and O–H groups in total. The number of halogens is 2. The second-order valence-electron chi connectivity index (χ2n) is 4.30. The molecule has 0 aliphatic carbocycles. The van der Waals surface area contributed by atoms with Crippen LogP contribution >= 0.6 is 0 Å². The number of nitrogens with one attached hydrogen (secondary N) is 1. The maximum atomic E-state index is 13.2. The predicted octanol–water partition coefficient (Wildman–Crippen LogP) is 3.52. The second kappa shape index (κ2) is 6.57. The third-order valence-corrected chi connectivity index (χ3v) is 2.71. The van der Waals surface area contributed by atoms with Crippen LogP contribution in [0.3, 0.4) is 0 Å². The van der Waals surface area contributed by atoms with Crippen molar-refractivity contribution in [1.82, 2.24) is 0 Å². The van der Waals surface area contributed by atoms with E-state index in [9.17, 15) is 23.7 Å². The number of nitro groups is 1. The molecule has 0 fully saturated rings. The molecule has 0 spiro atoms. The molecule has 0 saturated carbocycles. The van der Waals surface area contributed by atoms with Crippen LogP contribution in [-0.2, 0) is 4.79 Å². The number of anilines is 1. The van der Waals surface area contributed by atoms with Crippen molar-refractivity contribution in [3.05, 3.63) is 75.9 Å². The van der Waals surface area contributed by atoms with Gasteiger partial charge >= 0.3 is 5.69 Å². The topological polar surface area (TPSA) is 72.2 Å². The third kappa shape index (κ3) is 3.95. The lowest BCUT2D eigenvalue weighted by Crippen LogP contribution is -2.08. The van der Waals surface area contributed by atoms with Gasteiger partial charge in [-0.3, -0.25) is 14.9 Å². The first-order chi connectivity index (χ1) is 10.5. The summed E-state index contributed by atoms with van der Waals surface area (Å²) < 4.78 is 25.9. The summed E-state index contributed by atoms with van der Waals surface area (Å²) in [5, 5.41) is 13.0. The first-order valence-electron chi connectivity index (χ1n) is 6.14. The van der Waals surface area contributed by atoms with Crippen LogP contribution in [0.25, 0.3) is 6.08 Å². The van der Waals surface area contributed by atoms with Crippen molar-refractivity contribution < 1.29 is 18.5 Å². The number of hydrogen-bond donors (Lipinski definition) is 1. The van der Waals surface area contributed by atoms with Crippen molar-refractivity contribution in [3.8, 4) is 0 Å². The summed E-state index contributed by atoms with van der Waals surface area (Å²) in [5.41, 5.74) is -0.0104. The smallest absolute Gasteiger partial charge is 0.306 e. The monoisotopic (exact) mass is 304 g/mol. The molecule has 5 nitrogen and oxygen atoms in total. The summed E-state index contributed by atoms with van der Waals surface area (Å²) in [6.07, 6.45) is 2.63. The lowest BCUT2D eigenvalue weighted by atomic mass is 10.2. The fourth-order valence-corrected chi connectivity index (χ4v) is 1.66. The van der Waals surface area contributed by atoms with E-state index in [1.54, 1.807) is 0 Å². The summed E-state index contributed by atoms with van der Waals surface area (Å²) >= 11 is 0. The molecule has 0 heterocycles. The molecule has 0 unspecified atom stereocenters. The summed E-state index contributed by atoms with van der Waals surface area (Å²) in [6, 6.07) is 8.52. The van der Waals surface area contributed by atoms with Crippen LogP contribution in [0.15, 0.2) is 48.5 Å². The van der Waals surface area contributed by atoms with E-state index in [0.717, 1.165) is 12.1 Å². The minimum atomic E-state index is -0.982. The van der Waals surface area contributed by atoms with Crippen molar-refractivity contribution in [3.63, 3.8) is 0 Å². The molecular formula is C15H10F2N2O3. The molecule has 112 valence electrons. The van der Waals surface area contributed by atoms with Crippen molar-refractivity contribution >= 4 is 23.4 Å². The first-order valence-corrected chi connectivity index (χ1v) is 6.14. The zero-order valence-corrected chi connectivity index (χ0v) is 11.1. The molecule has 2 aromatic rings. The van der Waals surface area contributed by atoms with Crippen molar-refractivity contribution in [2.45, 2.75) is 0 Å². The van der Waals surface area contributed by atoms with Crippen molar-refractivity contribution in [1.29, 1.82) is 0 Å². The standard InChI is InChI=1S/C15H10F2N2O3/c16-11-4-1-10(2-5-11)3-8-15(20)18-12-6-7-13(17)14(9-12)19(21)22/h1-9H,(H,18,20). The minimum Gasteiger partial charge on any atom is -0.322 e. The van der Waals surface area contributed by atoms with Crippen LogP contribution in [0.2, 0.25) is 0 Å². The van der Waals surface area contributed by atoms with Gasteiger partial charge in [0.2, 0.25) is 11.7 Å². The molecule has 22 heavy (non-hydrogen) atoms. The third-order valence-electron chi connectivity index (χ3n) is 2.71. The highest BCUT2D eigenvalue weighted by molar-refractivity contribution is 6.02. The second-order valence-corrected chi connectivity index (χ2v) is 4.30. The molecule has 0 aromatic heterocycles. The lowest BCUT2D eigenvalue weighted by Gasteiger charge is -2.02. The van der Waals surface area contributed by atoms with Crippen molar-refractivity contribution in [2.24, 2.45) is 0 Å². The molecule has 7 heteroatoms. The molecule has 0 aliphatic rings. The highest BCUT2D eigenvalue weighted by Gasteiger charge is 2.14. The van der Waals surface area contributed by atoms with Crippen LogP contribution in [0.4, 0.5) is 20.2 Å². The zero-order valence-electron chi connectivity index (χ0n) is 11.1. The van der Waals surface area contributed by atoms with E-state index < -0.39 is 22.3 Å². The molecule has 2 aromatic carbocycles. The van der Waals surface area contributed by atoms with Gasteiger partial charge in [-0.15, -0.1) is 0 Å². The van der Waals surface area contributed by atoms with Gasteiger partial charge in [-0.05, 0) is 35.9 Å². The molecule has 0 radical (unpaired) electrons. The number of hydrogen-bond acceptors (Lipinski definition) is 3. The zero-order chi connectivity index (χ0) is 16.1. The molecule has 0 aliphatic heterocycles. The van der Waals surface area contributed by atoms with E-state index in [1.807, 2.05) is 0 Å². The number of rotatable bonds is 4. The van der Waals surface area contributed by atoms with Gasteiger partial charge in [0.15, 0.2) is 0 Å². The maximum Gasteiger partial charge on any atom is 0.306 e. The summed E-state index contributed by atoms with van der Waals surface area (Å²) in [6.45, 7) is 0. The van der Waals surface area contributed by atoms with E-state index in [-0.39, 0.29) is 11.5 Å². The largest absolute Gasteiger partial charge is 0.322 e. The molecule has 0 atom stereocenters. The summed E-state index contributed by atoms with van der Waals surface area (Å²) in [4.78, 5) is 21.4. The molecular weight excluding hydrogens is 294 g/mol. The fraction of sp³-hybridized carbons (Fsp3) is 0. The first kappa shape index (κ1) is 15.3. The number of carbonyl (C=O) groups is 1. The van der Waals surface area contributed by atoms with Crippen LogP contribution in [0.5, 0.6) is 0 Å². The SMILES string of the molecule is O=C(C=Cc1ccc(F)cc1)Nc1ccc(F)c([N+](=O)[O-])c1. The number of benzene rings is 2. The Morgan fingerprint density at radius 2 is 1.82 bits per heavy atom. The van der Waals surface area contributed by atoms with E-state index in [1.165, 1.54) is 42.5 Å². The number of amides is 1. The van der Waals surface area contributed by atoms with Gasteiger partial charge in [-0.25, -0.2) is 4.39 Å². The van der Waals surface area contributed by atoms with Gasteiger partial charge in [-0.2, -0.15) is 4.39 Å². The molecule has 0 saturated heterocycles.